The van der Waals surface area contributed by atoms with Gasteiger partial charge >= 0.3 is 0 Å². The SMILES string of the molecule is Cc1cc(CN(C)C(=O)Cc2cccc(F)c2)no1. The zero-order valence-electron chi connectivity index (χ0n) is 10.9. The molecule has 5 heteroatoms. The summed E-state index contributed by atoms with van der Waals surface area (Å²) in [4.78, 5) is 13.5. The van der Waals surface area contributed by atoms with Gasteiger partial charge in [-0.2, -0.15) is 0 Å². The molecule has 0 saturated heterocycles. The predicted molar refractivity (Wildman–Crippen MR) is 67.8 cm³/mol. The fourth-order valence-corrected chi connectivity index (χ4v) is 1.78. The van der Waals surface area contributed by atoms with Crippen LogP contribution in [0, 0.1) is 12.7 Å². The Morgan fingerprint density at radius 3 is 2.84 bits per heavy atom. The molecule has 0 saturated carbocycles. The quantitative estimate of drug-likeness (QED) is 0.849. The summed E-state index contributed by atoms with van der Waals surface area (Å²) in [6, 6.07) is 7.84. The van der Waals surface area contributed by atoms with E-state index < -0.39 is 0 Å². The van der Waals surface area contributed by atoms with Crippen molar-refractivity contribution in [1.29, 1.82) is 0 Å². The molecule has 1 aromatic heterocycles. The minimum Gasteiger partial charge on any atom is -0.361 e. The number of aromatic nitrogens is 1. The second kappa shape index (κ2) is 5.65. The van der Waals surface area contributed by atoms with Crippen molar-refractivity contribution in [1.82, 2.24) is 10.1 Å². The van der Waals surface area contributed by atoms with E-state index in [2.05, 4.69) is 5.16 Å². The van der Waals surface area contributed by atoms with Crippen LogP contribution >= 0.6 is 0 Å². The van der Waals surface area contributed by atoms with Gasteiger partial charge in [-0.25, -0.2) is 4.39 Å². The van der Waals surface area contributed by atoms with E-state index in [9.17, 15) is 9.18 Å². The molecule has 100 valence electrons. The average molecular weight is 262 g/mol. The molecule has 0 atom stereocenters. The van der Waals surface area contributed by atoms with Crippen LogP contribution in [-0.4, -0.2) is 23.0 Å². The fraction of sp³-hybridized carbons (Fsp3) is 0.286. The topological polar surface area (TPSA) is 46.3 Å². The minimum atomic E-state index is -0.333. The highest BCUT2D eigenvalue weighted by molar-refractivity contribution is 5.78. The van der Waals surface area contributed by atoms with Crippen molar-refractivity contribution < 1.29 is 13.7 Å². The molecule has 0 unspecified atom stereocenters. The molecular weight excluding hydrogens is 247 g/mol. The number of rotatable bonds is 4. The summed E-state index contributed by atoms with van der Waals surface area (Å²) in [5.74, 6) is 0.285. The average Bonchev–Trinajstić information content (AvgIpc) is 2.74. The van der Waals surface area contributed by atoms with Gasteiger partial charge in [-0.1, -0.05) is 17.3 Å². The van der Waals surface area contributed by atoms with Crippen LogP contribution < -0.4 is 0 Å². The Hall–Kier alpha value is -2.17. The van der Waals surface area contributed by atoms with E-state index >= 15 is 0 Å². The highest BCUT2D eigenvalue weighted by atomic mass is 19.1. The van der Waals surface area contributed by atoms with Crippen LogP contribution in [0.5, 0.6) is 0 Å². The van der Waals surface area contributed by atoms with Gasteiger partial charge in [-0.15, -0.1) is 0 Å². The molecule has 0 spiro atoms. The van der Waals surface area contributed by atoms with E-state index in [1.807, 2.05) is 0 Å². The lowest BCUT2D eigenvalue weighted by Crippen LogP contribution is -2.27. The van der Waals surface area contributed by atoms with Crippen molar-refractivity contribution >= 4 is 5.91 Å². The molecule has 1 aromatic carbocycles. The van der Waals surface area contributed by atoms with Gasteiger partial charge in [-0.3, -0.25) is 4.79 Å². The summed E-state index contributed by atoms with van der Waals surface area (Å²) >= 11 is 0. The lowest BCUT2D eigenvalue weighted by atomic mass is 10.1. The Kier molecular flexibility index (Phi) is 3.94. The van der Waals surface area contributed by atoms with Gasteiger partial charge in [0.15, 0.2) is 0 Å². The van der Waals surface area contributed by atoms with Gasteiger partial charge < -0.3 is 9.42 Å². The number of aryl methyl sites for hydroxylation is 1. The van der Waals surface area contributed by atoms with Crippen LogP contribution in [0.15, 0.2) is 34.9 Å². The van der Waals surface area contributed by atoms with Gasteiger partial charge in [0.25, 0.3) is 0 Å². The molecule has 0 radical (unpaired) electrons. The molecule has 4 nitrogen and oxygen atoms in total. The van der Waals surface area contributed by atoms with Crippen molar-refractivity contribution in [2.75, 3.05) is 7.05 Å². The van der Waals surface area contributed by atoms with E-state index in [-0.39, 0.29) is 18.1 Å². The van der Waals surface area contributed by atoms with Crippen molar-refractivity contribution in [2.45, 2.75) is 19.9 Å². The van der Waals surface area contributed by atoms with Crippen molar-refractivity contribution in [3.8, 4) is 0 Å². The Labute approximate surface area is 110 Å². The van der Waals surface area contributed by atoms with Crippen molar-refractivity contribution in [2.24, 2.45) is 0 Å². The Morgan fingerprint density at radius 1 is 1.42 bits per heavy atom. The summed E-state index contributed by atoms with van der Waals surface area (Å²) in [5, 5.41) is 3.83. The molecule has 0 aliphatic carbocycles. The third-order valence-electron chi connectivity index (χ3n) is 2.75. The van der Waals surface area contributed by atoms with Gasteiger partial charge in [0.05, 0.1) is 13.0 Å². The third kappa shape index (κ3) is 3.64. The summed E-state index contributed by atoms with van der Waals surface area (Å²) in [5.41, 5.74) is 1.36. The van der Waals surface area contributed by atoms with E-state index in [4.69, 9.17) is 4.52 Å². The summed E-state index contributed by atoms with van der Waals surface area (Å²) in [7, 11) is 1.69. The third-order valence-corrected chi connectivity index (χ3v) is 2.75. The maximum Gasteiger partial charge on any atom is 0.227 e. The van der Waals surface area contributed by atoms with Crippen molar-refractivity contribution in [3.63, 3.8) is 0 Å². The van der Waals surface area contributed by atoms with Crippen LogP contribution in [0.25, 0.3) is 0 Å². The lowest BCUT2D eigenvalue weighted by Gasteiger charge is -2.15. The molecule has 0 fully saturated rings. The number of amides is 1. The molecule has 1 amide bonds. The zero-order chi connectivity index (χ0) is 13.8. The summed E-state index contributed by atoms with van der Waals surface area (Å²) < 4.78 is 18.0. The molecular formula is C14H15FN2O2. The highest BCUT2D eigenvalue weighted by Gasteiger charge is 2.12. The normalized spacial score (nSPS) is 10.5. The van der Waals surface area contributed by atoms with Crippen molar-refractivity contribution in [3.05, 3.63) is 53.2 Å². The number of halogens is 1. The molecule has 0 bridgehead atoms. The smallest absolute Gasteiger partial charge is 0.227 e. The zero-order valence-corrected chi connectivity index (χ0v) is 10.9. The molecule has 2 rings (SSSR count). The molecule has 0 aliphatic heterocycles. The number of hydrogen-bond donors (Lipinski definition) is 0. The largest absolute Gasteiger partial charge is 0.361 e. The maximum absolute atomic E-state index is 13.0. The van der Waals surface area contributed by atoms with Crippen LogP contribution in [0.1, 0.15) is 17.0 Å². The van der Waals surface area contributed by atoms with E-state index in [0.717, 1.165) is 0 Å². The van der Waals surface area contributed by atoms with Crippen LogP contribution in [0.3, 0.4) is 0 Å². The first-order valence-corrected chi connectivity index (χ1v) is 5.95. The first-order chi connectivity index (χ1) is 9.04. The van der Waals surface area contributed by atoms with Crippen LogP contribution in [0.4, 0.5) is 4.39 Å². The number of carbonyl (C=O) groups excluding carboxylic acids is 1. The fourth-order valence-electron chi connectivity index (χ4n) is 1.78. The van der Waals surface area contributed by atoms with Gasteiger partial charge in [0, 0.05) is 13.1 Å². The van der Waals surface area contributed by atoms with Crippen LogP contribution in [0.2, 0.25) is 0 Å². The predicted octanol–water partition coefficient (Wildman–Crippen LogP) is 2.32. The molecule has 0 aliphatic rings. The highest BCUT2D eigenvalue weighted by Crippen LogP contribution is 2.08. The second-order valence-corrected chi connectivity index (χ2v) is 4.49. The van der Waals surface area contributed by atoms with E-state index in [1.54, 1.807) is 37.1 Å². The minimum absolute atomic E-state index is 0.0914. The van der Waals surface area contributed by atoms with Gasteiger partial charge in [0.1, 0.15) is 17.3 Å². The standard InChI is InChI=1S/C14H15FN2O2/c1-10-6-13(16-19-10)9-17(2)14(18)8-11-4-3-5-12(15)7-11/h3-7H,8-9H2,1-2H3. The van der Waals surface area contributed by atoms with E-state index in [0.29, 0.717) is 23.6 Å². The summed E-state index contributed by atoms with van der Waals surface area (Å²) in [6.07, 6.45) is 0.172. The Bertz CT molecular complexity index is 580. The monoisotopic (exact) mass is 262 g/mol. The number of hydrogen-bond acceptors (Lipinski definition) is 3. The number of nitrogens with zero attached hydrogens (tertiary/aromatic N) is 2. The Balaban J connectivity index is 1.96. The second-order valence-electron chi connectivity index (χ2n) is 4.49. The van der Waals surface area contributed by atoms with Gasteiger partial charge in [0.2, 0.25) is 5.91 Å². The first-order valence-electron chi connectivity index (χ1n) is 5.95. The maximum atomic E-state index is 13.0. The molecule has 1 heterocycles. The molecule has 19 heavy (non-hydrogen) atoms. The molecule has 2 aromatic rings. The van der Waals surface area contributed by atoms with Crippen LogP contribution in [-0.2, 0) is 17.8 Å². The van der Waals surface area contributed by atoms with Gasteiger partial charge in [-0.05, 0) is 24.6 Å². The Morgan fingerprint density at radius 2 is 2.21 bits per heavy atom. The number of carbonyl (C=O) groups is 1. The molecule has 0 N–H and O–H groups in total. The lowest BCUT2D eigenvalue weighted by molar-refractivity contribution is -0.129. The summed E-state index contributed by atoms with van der Waals surface area (Å²) in [6.45, 7) is 2.18. The first kappa shape index (κ1) is 13.3. The number of benzene rings is 1. The van der Waals surface area contributed by atoms with E-state index in [1.165, 1.54) is 12.1 Å². The number of likely N-dealkylation sites (N-methyl/N-ethyl adjacent to an activating group) is 1.